The average Bonchev–Trinajstić information content (AvgIpc) is 2.31. The third kappa shape index (κ3) is 2.14. The van der Waals surface area contributed by atoms with Crippen LogP contribution < -0.4 is 0 Å². The van der Waals surface area contributed by atoms with Crippen LogP contribution in [0.25, 0.3) is 0 Å². The number of halogens is 1. The van der Waals surface area contributed by atoms with Gasteiger partial charge >= 0.3 is 0 Å². The summed E-state index contributed by atoms with van der Waals surface area (Å²) in [5.74, 6) is 0. The zero-order chi connectivity index (χ0) is 7.40. The zero-order valence-corrected chi connectivity index (χ0v) is 7.23. The number of ether oxygens (including phenoxy) is 1. The molecule has 0 amide bonds. The van der Waals surface area contributed by atoms with Gasteiger partial charge in [-0.15, -0.1) is 11.6 Å². The minimum Gasteiger partial charge on any atom is -0.377 e. The van der Waals surface area contributed by atoms with E-state index in [-0.39, 0.29) is 5.38 Å². The lowest BCUT2D eigenvalue weighted by Gasteiger charge is -2.11. The molecule has 0 saturated carbocycles. The van der Waals surface area contributed by atoms with Crippen molar-refractivity contribution in [2.75, 3.05) is 6.61 Å². The van der Waals surface area contributed by atoms with Crippen molar-refractivity contribution in [2.45, 2.75) is 44.1 Å². The summed E-state index contributed by atoms with van der Waals surface area (Å²) in [4.78, 5) is 0. The number of unbranched alkanes of at least 4 members (excludes halogenated alkanes) is 1. The van der Waals surface area contributed by atoms with Gasteiger partial charge < -0.3 is 4.74 Å². The summed E-state index contributed by atoms with van der Waals surface area (Å²) in [5.41, 5.74) is 0. The molecule has 60 valence electrons. The summed E-state index contributed by atoms with van der Waals surface area (Å²) in [6, 6.07) is 0. The molecule has 1 rings (SSSR count). The third-order valence-electron chi connectivity index (χ3n) is 1.97. The first-order valence-electron chi connectivity index (χ1n) is 4.10. The van der Waals surface area contributed by atoms with Crippen LogP contribution in [-0.4, -0.2) is 18.1 Å². The van der Waals surface area contributed by atoms with E-state index >= 15 is 0 Å². The number of rotatable bonds is 3. The molecule has 2 atom stereocenters. The van der Waals surface area contributed by atoms with Crippen LogP contribution in [0.15, 0.2) is 0 Å². The molecule has 1 heterocycles. The second kappa shape index (κ2) is 4.20. The minimum absolute atomic E-state index is 0.284. The fourth-order valence-electron chi connectivity index (χ4n) is 1.29. The molecule has 0 aliphatic carbocycles. The van der Waals surface area contributed by atoms with Crippen LogP contribution in [0, 0.1) is 0 Å². The Bertz CT molecular complexity index is 95.3. The minimum atomic E-state index is 0.284. The number of hydrogen-bond donors (Lipinski definition) is 0. The highest BCUT2D eigenvalue weighted by atomic mass is 35.5. The summed E-state index contributed by atoms with van der Waals surface area (Å²) < 4.78 is 5.44. The lowest BCUT2D eigenvalue weighted by atomic mass is 10.1. The highest BCUT2D eigenvalue weighted by Gasteiger charge is 2.24. The molecule has 0 N–H and O–H groups in total. The second-order valence-electron chi connectivity index (χ2n) is 2.86. The summed E-state index contributed by atoms with van der Waals surface area (Å²) in [5, 5.41) is 0.284. The van der Waals surface area contributed by atoms with Gasteiger partial charge in [-0.3, -0.25) is 0 Å². The van der Waals surface area contributed by atoms with Gasteiger partial charge in [-0.25, -0.2) is 0 Å². The smallest absolute Gasteiger partial charge is 0.0739 e. The van der Waals surface area contributed by atoms with Crippen LogP contribution in [0.5, 0.6) is 0 Å². The molecule has 0 bridgehead atoms. The van der Waals surface area contributed by atoms with Crippen molar-refractivity contribution in [3.05, 3.63) is 0 Å². The monoisotopic (exact) mass is 162 g/mol. The highest BCUT2D eigenvalue weighted by molar-refractivity contribution is 6.21. The van der Waals surface area contributed by atoms with E-state index in [2.05, 4.69) is 6.92 Å². The Morgan fingerprint density at radius 3 is 2.90 bits per heavy atom. The molecular weight excluding hydrogens is 148 g/mol. The van der Waals surface area contributed by atoms with Crippen LogP contribution >= 0.6 is 11.6 Å². The van der Waals surface area contributed by atoms with Crippen molar-refractivity contribution in [2.24, 2.45) is 0 Å². The lowest BCUT2D eigenvalue weighted by Crippen LogP contribution is -2.15. The van der Waals surface area contributed by atoms with Gasteiger partial charge in [-0.1, -0.05) is 19.8 Å². The van der Waals surface area contributed by atoms with Gasteiger partial charge in [0.2, 0.25) is 0 Å². The SMILES string of the molecule is CCCC[C@@H]1OCC[C@H]1Cl. The van der Waals surface area contributed by atoms with Gasteiger partial charge in [0.1, 0.15) is 0 Å². The Hall–Kier alpha value is 0.250. The average molecular weight is 163 g/mol. The van der Waals surface area contributed by atoms with Gasteiger partial charge in [0.25, 0.3) is 0 Å². The lowest BCUT2D eigenvalue weighted by molar-refractivity contribution is 0.103. The van der Waals surface area contributed by atoms with Gasteiger partial charge in [0, 0.05) is 6.61 Å². The maximum Gasteiger partial charge on any atom is 0.0739 e. The topological polar surface area (TPSA) is 9.23 Å². The van der Waals surface area contributed by atoms with E-state index in [0.717, 1.165) is 19.4 Å². The Labute approximate surface area is 67.7 Å². The molecule has 1 nitrogen and oxygen atoms in total. The van der Waals surface area contributed by atoms with Crippen molar-refractivity contribution in [3.8, 4) is 0 Å². The van der Waals surface area contributed by atoms with Crippen LogP contribution in [0.4, 0.5) is 0 Å². The molecule has 0 unspecified atom stereocenters. The summed E-state index contributed by atoms with van der Waals surface area (Å²) in [7, 11) is 0. The van der Waals surface area contributed by atoms with Crippen LogP contribution in [0.3, 0.4) is 0 Å². The van der Waals surface area contributed by atoms with E-state index in [0.29, 0.717) is 6.10 Å². The van der Waals surface area contributed by atoms with Crippen LogP contribution in [0.2, 0.25) is 0 Å². The Balaban J connectivity index is 2.14. The van der Waals surface area contributed by atoms with E-state index in [1.165, 1.54) is 12.8 Å². The summed E-state index contributed by atoms with van der Waals surface area (Å²) in [6.07, 6.45) is 5.01. The van der Waals surface area contributed by atoms with Gasteiger partial charge in [-0.05, 0) is 12.8 Å². The zero-order valence-electron chi connectivity index (χ0n) is 6.48. The normalized spacial score (nSPS) is 33.0. The van der Waals surface area contributed by atoms with Gasteiger partial charge in [0.15, 0.2) is 0 Å². The van der Waals surface area contributed by atoms with Gasteiger partial charge in [-0.2, -0.15) is 0 Å². The van der Waals surface area contributed by atoms with E-state index in [4.69, 9.17) is 16.3 Å². The molecule has 1 aliphatic rings. The second-order valence-corrected chi connectivity index (χ2v) is 3.42. The first-order valence-corrected chi connectivity index (χ1v) is 4.54. The first-order chi connectivity index (χ1) is 4.84. The fraction of sp³-hybridized carbons (Fsp3) is 1.00. The van der Waals surface area contributed by atoms with Crippen molar-refractivity contribution >= 4 is 11.6 Å². The molecule has 0 aromatic rings. The molecule has 1 aliphatic heterocycles. The molecule has 0 radical (unpaired) electrons. The summed E-state index contributed by atoms with van der Waals surface area (Å²) >= 11 is 5.99. The molecule has 10 heavy (non-hydrogen) atoms. The van der Waals surface area contributed by atoms with Crippen molar-refractivity contribution < 1.29 is 4.74 Å². The molecule has 0 aromatic heterocycles. The van der Waals surface area contributed by atoms with Crippen LogP contribution in [-0.2, 0) is 4.74 Å². The number of hydrogen-bond acceptors (Lipinski definition) is 1. The van der Waals surface area contributed by atoms with E-state index < -0.39 is 0 Å². The Kier molecular flexibility index (Phi) is 3.50. The maximum absolute atomic E-state index is 5.99. The van der Waals surface area contributed by atoms with Crippen molar-refractivity contribution in [1.29, 1.82) is 0 Å². The van der Waals surface area contributed by atoms with E-state index in [1.54, 1.807) is 0 Å². The fourth-order valence-corrected chi connectivity index (χ4v) is 1.58. The predicted molar refractivity (Wildman–Crippen MR) is 43.5 cm³/mol. The molecule has 1 fully saturated rings. The first kappa shape index (κ1) is 8.35. The largest absolute Gasteiger partial charge is 0.377 e. The number of alkyl halides is 1. The molecule has 2 heteroatoms. The Morgan fingerprint density at radius 2 is 2.40 bits per heavy atom. The van der Waals surface area contributed by atoms with Crippen molar-refractivity contribution in [1.82, 2.24) is 0 Å². The maximum atomic E-state index is 5.99. The van der Waals surface area contributed by atoms with Crippen LogP contribution in [0.1, 0.15) is 32.6 Å². The molecule has 0 spiro atoms. The van der Waals surface area contributed by atoms with E-state index in [1.807, 2.05) is 0 Å². The summed E-state index contributed by atoms with van der Waals surface area (Å²) in [6.45, 7) is 3.06. The van der Waals surface area contributed by atoms with Gasteiger partial charge in [0.05, 0.1) is 11.5 Å². The third-order valence-corrected chi connectivity index (χ3v) is 2.47. The molecular formula is C8H15ClO. The standard InChI is InChI=1S/C8H15ClO/c1-2-3-4-8-7(9)5-6-10-8/h7-8H,2-6H2,1H3/t7-,8+/m1/s1. The van der Waals surface area contributed by atoms with Crippen molar-refractivity contribution in [3.63, 3.8) is 0 Å². The Morgan fingerprint density at radius 1 is 1.60 bits per heavy atom. The van der Waals surface area contributed by atoms with E-state index in [9.17, 15) is 0 Å². The highest BCUT2D eigenvalue weighted by Crippen LogP contribution is 2.23. The quantitative estimate of drug-likeness (QED) is 0.580. The predicted octanol–water partition coefficient (Wildman–Crippen LogP) is 2.57. The molecule has 1 saturated heterocycles. The molecule has 0 aromatic carbocycles.